The van der Waals surface area contributed by atoms with E-state index in [0.29, 0.717) is 17.8 Å². The average molecular weight is 279 g/mol. The third-order valence-corrected chi connectivity index (χ3v) is 4.29. The van der Waals surface area contributed by atoms with E-state index in [4.69, 9.17) is 5.73 Å². The molecule has 1 aromatic carbocycles. The molecule has 5 heteroatoms. The van der Waals surface area contributed by atoms with Crippen molar-refractivity contribution in [3.05, 3.63) is 47.9 Å². The van der Waals surface area contributed by atoms with E-state index in [0.717, 1.165) is 24.3 Å². The Kier molecular flexibility index (Phi) is 2.67. The molecule has 0 fully saturated rings. The van der Waals surface area contributed by atoms with Gasteiger partial charge in [0.15, 0.2) is 0 Å². The minimum Gasteiger partial charge on any atom is -0.366 e. The first kappa shape index (κ1) is 12.3. The molecule has 21 heavy (non-hydrogen) atoms. The van der Waals surface area contributed by atoms with Crippen LogP contribution in [0.5, 0.6) is 0 Å². The summed E-state index contributed by atoms with van der Waals surface area (Å²) in [4.78, 5) is 8.71. The zero-order chi connectivity index (χ0) is 14.4. The fourth-order valence-electron chi connectivity index (χ4n) is 3.28. The number of hydrogen-bond donors (Lipinski definition) is 1. The summed E-state index contributed by atoms with van der Waals surface area (Å²) in [6, 6.07) is 10.6. The Hall–Kier alpha value is -2.43. The molecule has 1 aliphatic rings. The standard InChI is InChI=1S/C16H17N5/c1-10-7-13(9-21-15(10)19-16(17)20-21)11-4-5-14-12(8-11)3-2-6-18-14/h2-6,8,10,13H,7,9H2,1H3,(H2,17,20). The molecule has 4 rings (SSSR count). The molecular weight excluding hydrogens is 262 g/mol. The molecule has 0 saturated heterocycles. The maximum Gasteiger partial charge on any atom is 0.239 e. The van der Waals surface area contributed by atoms with Gasteiger partial charge in [-0.2, -0.15) is 4.98 Å². The Morgan fingerprint density at radius 1 is 1.29 bits per heavy atom. The van der Waals surface area contributed by atoms with Crippen molar-refractivity contribution >= 4 is 16.9 Å². The fraction of sp³-hybridized carbons (Fsp3) is 0.312. The van der Waals surface area contributed by atoms with Gasteiger partial charge in [-0.05, 0) is 30.2 Å². The highest BCUT2D eigenvalue weighted by atomic mass is 15.4. The van der Waals surface area contributed by atoms with Crippen molar-refractivity contribution < 1.29 is 0 Å². The molecule has 2 atom stereocenters. The predicted octanol–water partition coefficient (Wildman–Crippen LogP) is 2.70. The molecule has 0 bridgehead atoms. The number of nitrogen functional groups attached to an aromatic ring is 1. The second kappa shape index (κ2) is 4.55. The highest BCUT2D eigenvalue weighted by Gasteiger charge is 2.28. The lowest BCUT2D eigenvalue weighted by atomic mass is 9.86. The number of nitrogens with zero attached hydrogens (tertiary/aromatic N) is 4. The van der Waals surface area contributed by atoms with E-state index in [9.17, 15) is 0 Å². The zero-order valence-corrected chi connectivity index (χ0v) is 11.9. The van der Waals surface area contributed by atoms with Gasteiger partial charge in [0.2, 0.25) is 5.95 Å². The largest absolute Gasteiger partial charge is 0.366 e. The average Bonchev–Trinajstić information content (AvgIpc) is 2.88. The molecule has 0 saturated carbocycles. The van der Waals surface area contributed by atoms with Gasteiger partial charge in [-0.25, -0.2) is 4.68 Å². The lowest BCUT2D eigenvalue weighted by molar-refractivity contribution is 0.383. The zero-order valence-electron chi connectivity index (χ0n) is 11.9. The highest BCUT2D eigenvalue weighted by Crippen LogP contribution is 2.36. The van der Waals surface area contributed by atoms with E-state index in [1.165, 1.54) is 10.9 Å². The fourth-order valence-corrected chi connectivity index (χ4v) is 3.28. The predicted molar refractivity (Wildman–Crippen MR) is 82.0 cm³/mol. The molecule has 106 valence electrons. The van der Waals surface area contributed by atoms with Crippen molar-refractivity contribution in [2.24, 2.45) is 0 Å². The van der Waals surface area contributed by atoms with Crippen LogP contribution in [0.1, 0.15) is 36.6 Å². The molecule has 5 nitrogen and oxygen atoms in total. The molecule has 3 heterocycles. The van der Waals surface area contributed by atoms with Crippen LogP contribution in [0.3, 0.4) is 0 Å². The number of anilines is 1. The van der Waals surface area contributed by atoms with E-state index >= 15 is 0 Å². The van der Waals surface area contributed by atoms with Gasteiger partial charge < -0.3 is 5.73 Å². The second-order valence-corrected chi connectivity index (χ2v) is 5.80. The molecular formula is C16H17N5. The minimum absolute atomic E-state index is 0.373. The Bertz CT molecular complexity index is 807. The summed E-state index contributed by atoms with van der Waals surface area (Å²) >= 11 is 0. The van der Waals surface area contributed by atoms with Crippen LogP contribution in [0.25, 0.3) is 10.9 Å². The number of rotatable bonds is 1. The van der Waals surface area contributed by atoms with Crippen molar-refractivity contribution in [1.82, 2.24) is 19.7 Å². The van der Waals surface area contributed by atoms with Gasteiger partial charge in [0.05, 0.1) is 5.52 Å². The van der Waals surface area contributed by atoms with E-state index in [-0.39, 0.29) is 0 Å². The number of fused-ring (bicyclic) bond motifs is 2. The van der Waals surface area contributed by atoms with Crippen LogP contribution in [-0.2, 0) is 6.54 Å². The van der Waals surface area contributed by atoms with E-state index < -0.39 is 0 Å². The van der Waals surface area contributed by atoms with Crippen molar-refractivity contribution in [2.45, 2.75) is 31.7 Å². The van der Waals surface area contributed by atoms with E-state index in [1.807, 2.05) is 16.9 Å². The second-order valence-electron chi connectivity index (χ2n) is 5.80. The molecule has 0 amide bonds. The highest BCUT2D eigenvalue weighted by molar-refractivity contribution is 5.79. The van der Waals surface area contributed by atoms with E-state index in [2.05, 4.69) is 46.3 Å². The third kappa shape index (κ3) is 2.05. The molecule has 2 unspecified atom stereocenters. The normalized spacial score (nSPS) is 21.4. The third-order valence-electron chi connectivity index (χ3n) is 4.29. The number of pyridine rings is 1. The molecule has 0 aliphatic carbocycles. The van der Waals surface area contributed by atoms with Crippen LogP contribution in [0.4, 0.5) is 5.95 Å². The SMILES string of the molecule is CC1CC(c2ccc3ncccc3c2)Cn2nc(N)nc21. The number of aromatic nitrogens is 4. The van der Waals surface area contributed by atoms with Gasteiger partial charge in [0.25, 0.3) is 0 Å². The molecule has 0 radical (unpaired) electrons. The lowest BCUT2D eigenvalue weighted by Gasteiger charge is -2.27. The summed E-state index contributed by atoms with van der Waals surface area (Å²) in [6.07, 6.45) is 2.90. The summed E-state index contributed by atoms with van der Waals surface area (Å²) in [5.41, 5.74) is 8.10. The van der Waals surface area contributed by atoms with Crippen LogP contribution in [-0.4, -0.2) is 19.7 Å². The smallest absolute Gasteiger partial charge is 0.239 e. The van der Waals surface area contributed by atoms with Crippen molar-refractivity contribution in [1.29, 1.82) is 0 Å². The number of hydrogen-bond acceptors (Lipinski definition) is 4. The topological polar surface area (TPSA) is 69.6 Å². The first-order valence-corrected chi connectivity index (χ1v) is 7.25. The first-order chi connectivity index (χ1) is 10.2. The van der Waals surface area contributed by atoms with Crippen LogP contribution in [0, 0.1) is 0 Å². The molecule has 0 spiro atoms. The minimum atomic E-state index is 0.373. The van der Waals surface area contributed by atoms with Crippen molar-refractivity contribution in [3.8, 4) is 0 Å². The summed E-state index contributed by atoms with van der Waals surface area (Å²) in [5, 5.41) is 5.50. The van der Waals surface area contributed by atoms with Gasteiger partial charge in [0.1, 0.15) is 5.82 Å². The summed E-state index contributed by atoms with van der Waals surface area (Å²) in [5.74, 6) is 2.20. The molecule has 1 aliphatic heterocycles. The molecule has 2 aromatic heterocycles. The van der Waals surface area contributed by atoms with Gasteiger partial charge >= 0.3 is 0 Å². The van der Waals surface area contributed by atoms with Gasteiger partial charge in [-0.1, -0.05) is 19.1 Å². The summed E-state index contributed by atoms with van der Waals surface area (Å²) in [6.45, 7) is 3.03. The van der Waals surface area contributed by atoms with Crippen LogP contribution in [0.2, 0.25) is 0 Å². The van der Waals surface area contributed by atoms with Gasteiger partial charge in [0, 0.05) is 30.0 Å². The van der Waals surface area contributed by atoms with Gasteiger partial charge in [-0.15, -0.1) is 5.10 Å². The quantitative estimate of drug-likeness (QED) is 0.743. The summed E-state index contributed by atoms with van der Waals surface area (Å²) in [7, 11) is 0. The van der Waals surface area contributed by atoms with Gasteiger partial charge in [-0.3, -0.25) is 4.98 Å². The Morgan fingerprint density at radius 3 is 3.10 bits per heavy atom. The van der Waals surface area contributed by atoms with E-state index in [1.54, 1.807) is 0 Å². The molecule has 2 N–H and O–H groups in total. The van der Waals surface area contributed by atoms with Crippen molar-refractivity contribution in [2.75, 3.05) is 5.73 Å². The monoisotopic (exact) mass is 279 g/mol. The maximum atomic E-state index is 5.73. The first-order valence-electron chi connectivity index (χ1n) is 7.25. The molecule has 3 aromatic rings. The maximum absolute atomic E-state index is 5.73. The van der Waals surface area contributed by atoms with Crippen molar-refractivity contribution in [3.63, 3.8) is 0 Å². The van der Waals surface area contributed by atoms with Crippen LogP contribution < -0.4 is 5.73 Å². The Labute approximate surface area is 122 Å². The van der Waals surface area contributed by atoms with Crippen LogP contribution >= 0.6 is 0 Å². The number of benzene rings is 1. The Morgan fingerprint density at radius 2 is 2.19 bits per heavy atom. The Balaban J connectivity index is 1.73. The van der Waals surface area contributed by atoms with Crippen LogP contribution in [0.15, 0.2) is 36.5 Å². The lowest BCUT2D eigenvalue weighted by Crippen LogP contribution is -2.22. The summed E-state index contributed by atoms with van der Waals surface area (Å²) < 4.78 is 1.96. The number of nitrogens with two attached hydrogens (primary N) is 1.